The molecule has 0 aliphatic heterocycles. The summed E-state index contributed by atoms with van der Waals surface area (Å²) in [5.41, 5.74) is -0.367. The second kappa shape index (κ2) is 8.31. The van der Waals surface area contributed by atoms with Crippen LogP contribution in [0, 0.1) is 6.92 Å². The Labute approximate surface area is 177 Å². The fourth-order valence-corrected chi connectivity index (χ4v) is 3.05. The van der Waals surface area contributed by atoms with E-state index in [1.807, 2.05) is 0 Å². The van der Waals surface area contributed by atoms with Crippen molar-refractivity contribution in [2.75, 3.05) is 0 Å². The van der Waals surface area contributed by atoms with Crippen LogP contribution in [0.25, 0.3) is 17.4 Å². The van der Waals surface area contributed by atoms with Gasteiger partial charge in [0.25, 0.3) is 5.92 Å². The van der Waals surface area contributed by atoms with Crippen LogP contribution in [0.15, 0.2) is 63.6 Å². The van der Waals surface area contributed by atoms with E-state index in [0.29, 0.717) is 11.6 Å². The van der Waals surface area contributed by atoms with Gasteiger partial charge in [-0.25, -0.2) is 0 Å². The maximum atomic E-state index is 14.7. The number of nitrogens with zero attached hydrogens (tertiary/aromatic N) is 1. The lowest BCUT2D eigenvalue weighted by atomic mass is 9.97. The van der Waals surface area contributed by atoms with Gasteiger partial charge in [0.1, 0.15) is 0 Å². The van der Waals surface area contributed by atoms with Crippen molar-refractivity contribution in [1.82, 2.24) is 5.16 Å². The summed E-state index contributed by atoms with van der Waals surface area (Å²) in [4.78, 5) is 0. The van der Waals surface area contributed by atoms with Gasteiger partial charge >= 0.3 is 6.18 Å². The fourth-order valence-electron chi connectivity index (χ4n) is 2.78. The van der Waals surface area contributed by atoms with Crippen molar-refractivity contribution in [2.24, 2.45) is 0 Å². The number of aliphatic hydroxyl groups is 1. The quantitative estimate of drug-likeness (QED) is 0.402. The number of hydrogen-bond donors (Lipinski definition) is 1. The molecule has 3 nitrogen and oxygen atoms in total. The third-order valence-corrected chi connectivity index (χ3v) is 4.92. The van der Waals surface area contributed by atoms with E-state index in [9.17, 15) is 27.1 Å². The first kappa shape index (κ1) is 22.2. The highest BCUT2D eigenvalue weighted by atomic mass is 79.9. The molecule has 0 aliphatic carbocycles. The molecule has 3 aromatic rings. The molecule has 1 unspecified atom stereocenters. The number of benzene rings is 2. The van der Waals surface area contributed by atoms with E-state index < -0.39 is 23.8 Å². The van der Waals surface area contributed by atoms with Crippen LogP contribution in [0.2, 0.25) is 0 Å². The van der Waals surface area contributed by atoms with Crippen LogP contribution < -0.4 is 0 Å². The number of aryl methyl sites for hydroxylation is 1. The second-order valence-corrected chi connectivity index (χ2v) is 7.46. The third kappa shape index (κ3) is 4.79. The molecule has 9 heteroatoms. The second-order valence-electron chi connectivity index (χ2n) is 6.55. The Balaban J connectivity index is 1.87. The topological polar surface area (TPSA) is 46.3 Å². The van der Waals surface area contributed by atoms with Gasteiger partial charge in [-0.1, -0.05) is 51.4 Å². The zero-order valence-electron chi connectivity index (χ0n) is 15.4. The summed E-state index contributed by atoms with van der Waals surface area (Å²) in [6.45, 7) is 1.43. The molecule has 2 aromatic carbocycles. The van der Waals surface area contributed by atoms with E-state index in [0.717, 1.165) is 34.8 Å². The maximum Gasteiger partial charge on any atom is 0.416 e. The summed E-state index contributed by atoms with van der Waals surface area (Å²) in [5, 5.41) is 14.1. The number of alkyl halides is 5. The number of halogens is 6. The largest absolute Gasteiger partial charge is 0.416 e. The van der Waals surface area contributed by atoms with Crippen LogP contribution in [0.4, 0.5) is 22.0 Å². The third-order valence-electron chi connectivity index (χ3n) is 4.39. The molecule has 30 heavy (non-hydrogen) atoms. The number of rotatable bonds is 5. The molecule has 158 valence electrons. The minimum Gasteiger partial charge on any atom is -0.381 e. The minimum atomic E-state index is -4.52. The first-order chi connectivity index (χ1) is 14.0. The molecule has 0 aliphatic rings. The lowest BCUT2D eigenvalue weighted by Gasteiger charge is -2.19. The summed E-state index contributed by atoms with van der Waals surface area (Å²) < 4.78 is 73.1. The Hall–Kier alpha value is -2.52. The molecule has 0 fully saturated rings. The fraction of sp³-hybridized carbons (Fsp3) is 0.190. The van der Waals surface area contributed by atoms with Crippen LogP contribution in [0.3, 0.4) is 0 Å². The Morgan fingerprint density at radius 3 is 2.17 bits per heavy atom. The average molecular weight is 488 g/mol. The zero-order valence-corrected chi connectivity index (χ0v) is 17.0. The minimum absolute atomic E-state index is 0.00936. The van der Waals surface area contributed by atoms with Crippen molar-refractivity contribution in [3.63, 3.8) is 0 Å². The smallest absolute Gasteiger partial charge is 0.381 e. The molecule has 0 radical (unpaired) electrons. The molecule has 0 amide bonds. The lowest BCUT2D eigenvalue weighted by molar-refractivity contribution is -0.137. The van der Waals surface area contributed by atoms with Gasteiger partial charge in [-0.05, 0) is 42.8 Å². The molecule has 1 aromatic heterocycles. The molecule has 3 rings (SSSR count). The van der Waals surface area contributed by atoms with Gasteiger partial charge in [-0.3, -0.25) is 0 Å². The first-order valence-corrected chi connectivity index (χ1v) is 9.43. The van der Waals surface area contributed by atoms with Gasteiger partial charge in [0, 0.05) is 10.0 Å². The van der Waals surface area contributed by atoms with Gasteiger partial charge in [-0.2, -0.15) is 22.0 Å². The summed E-state index contributed by atoms with van der Waals surface area (Å²) in [6, 6.07) is 10.3. The molecular weight excluding hydrogens is 473 g/mol. The van der Waals surface area contributed by atoms with E-state index in [-0.39, 0.29) is 22.6 Å². The molecule has 1 N–H and O–H groups in total. The van der Waals surface area contributed by atoms with Gasteiger partial charge in [0.2, 0.25) is 0 Å². The van der Waals surface area contributed by atoms with Crippen LogP contribution >= 0.6 is 15.9 Å². The van der Waals surface area contributed by atoms with Crippen LogP contribution in [0.1, 0.15) is 28.5 Å². The predicted octanol–water partition coefficient (Wildman–Crippen LogP) is 6.81. The Morgan fingerprint density at radius 1 is 1.00 bits per heavy atom. The molecular formula is C21H15BrF5NO2. The van der Waals surface area contributed by atoms with E-state index in [1.165, 1.54) is 6.92 Å². The number of aliphatic hydroxyl groups excluding tert-OH is 1. The number of aromatic nitrogens is 1. The predicted molar refractivity (Wildman–Crippen MR) is 105 cm³/mol. The van der Waals surface area contributed by atoms with Crippen molar-refractivity contribution in [2.45, 2.75) is 25.1 Å². The molecule has 1 atom stereocenters. The molecule has 0 saturated heterocycles. The van der Waals surface area contributed by atoms with Crippen molar-refractivity contribution >= 4 is 22.0 Å². The van der Waals surface area contributed by atoms with E-state index in [1.54, 1.807) is 24.3 Å². The Morgan fingerprint density at radius 2 is 1.60 bits per heavy atom. The van der Waals surface area contributed by atoms with Crippen LogP contribution in [-0.4, -0.2) is 16.2 Å². The summed E-state index contributed by atoms with van der Waals surface area (Å²) in [5.74, 6) is -3.72. The molecule has 0 saturated carbocycles. The Kier molecular flexibility index (Phi) is 6.14. The van der Waals surface area contributed by atoms with Crippen molar-refractivity contribution in [3.05, 3.63) is 81.5 Å². The summed E-state index contributed by atoms with van der Waals surface area (Å²) in [6.07, 6.45) is -5.39. The first-order valence-electron chi connectivity index (χ1n) is 8.63. The van der Waals surface area contributed by atoms with Crippen LogP contribution in [-0.2, 0) is 6.18 Å². The lowest BCUT2D eigenvalue weighted by Crippen LogP contribution is -2.24. The van der Waals surface area contributed by atoms with Gasteiger partial charge in [0.05, 0.1) is 16.8 Å². The molecule has 0 spiro atoms. The maximum absolute atomic E-state index is 14.7. The monoisotopic (exact) mass is 487 g/mol. The average Bonchev–Trinajstić information content (AvgIpc) is 3.07. The van der Waals surface area contributed by atoms with Gasteiger partial charge < -0.3 is 9.63 Å². The highest BCUT2D eigenvalue weighted by Gasteiger charge is 2.41. The van der Waals surface area contributed by atoms with Crippen molar-refractivity contribution in [3.8, 4) is 11.3 Å². The summed E-state index contributed by atoms with van der Waals surface area (Å²) >= 11 is 3.27. The molecule has 1 heterocycles. The van der Waals surface area contributed by atoms with Gasteiger partial charge in [0.15, 0.2) is 11.9 Å². The standard InChI is InChI=1S/C21H15BrF5NO2/c1-12-17(18(30-28-12)14-4-8-16(22)9-5-14)19(29)20(23,24)11-10-13-2-6-15(7-3-13)21(25,26)27/h2-11,19,29H,1H3. The van der Waals surface area contributed by atoms with E-state index >= 15 is 0 Å². The van der Waals surface area contributed by atoms with E-state index in [2.05, 4.69) is 21.1 Å². The highest BCUT2D eigenvalue weighted by molar-refractivity contribution is 9.10. The molecule has 0 bridgehead atoms. The van der Waals surface area contributed by atoms with Crippen LogP contribution in [0.5, 0.6) is 0 Å². The SMILES string of the molecule is Cc1noc(-c2ccc(Br)cc2)c1C(O)C(F)(F)C=Cc1ccc(C(F)(F)F)cc1. The normalized spacial score (nSPS) is 13.7. The highest BCUT2D eigenvalue weighted by Crippen LogP contribution is 2.40. The number of hydrogen-bond acceptors (Lipinski definition) is 3. The summed E-state index contributed by atoms with van der Waals surface area (Å²) in [7, 11) is 0. The van der Waals surface area contributed by atoms with Crippen molar-refractivity contribution in [1.29, 1.82) is 0 Å². The van der Waals surface area contributed by atoms with Gasteiger partial charge in [-0.15, -0.1) is 0 Å². The van der Waals surface area contributed by atoms with Crippen molar-refractivity contribution < 1.29 is 31.6 Å². The van der Waals surface area contributed by atoms with E-state index in [4.69, 9.17) is 4.52 Å². The zero-order chi connectivity index (χ0) is 22.1. The Bertz CT molecular complexity index is 1040.